The van der Waals surface area contributed by atoms with Crippen molar-refractivity contribution in [1.29, 1.82) is 0 Å². The average molecular weight is 460 g/mol. The van der Waals surface area contributed by atoms with Gasteiger partial charge in [0.25, 0.3) is 0 Å². The molecule has 0 fully saturated rings. The van der Waals surface area contributed by atoms with E-state index in [9.17, 15) is 9.59 Å². The fourth-order valence-electron chi connectivity index (χ4n) is 3.55. The van der Waals surface area contributed by atoms with E-state index in [-0.39, 0.29) is 24.1 Å². The number of amides is 2. The Hall–Kier alpha value is -3.65. The van der Waals surface area contributed by atoms with Crippen molar-refractivity contribution in [2.45, 2.75) is 31.6 Å². The SMILES string of the molecule is CCn1c(CNC(=O)Cc2ccccc2)nnc1SCC(=O)Nc1cccc2ccccc12. The maximum absolute atomic E-state index is 12.6. The van der Waals surface area contributed by atoms with E-state index < -0.39 is 0 Å². The summed E-state index contributed by atoms with van der Waals surface area (Å²) in [7, 11) is 0. The number of benzene rings is 3. The number of carbonyl (C=O) groups excluding carboxylic acids is 2. The van der Waals surface area contributed by atoms with Crippen molar-refractivity contribution in [1.82, 2.24) is 20.1 Å². The summed E-state index contributed by atoms with van der Waals surface area (Å²) < 4.78 is 1.92. The summed E-state index contributed by atoms with van der Waals surface area (Å²) in [5.74, 6) is 0.688. The molecule has 0 saturated heterocycles. The summed E-state index contributed by atoms with van der Waals surface area (Å²) in [4.78, 5) is 24.8. The minimum absolute atomic E-state index is 0.0736. The standard InChI is InChI=1S/C25H25N5O2S/c1-2-30-22(16-26-23(31)15-18-9-4-3-5-10-18)28-29-25(30)33-17-24(32)27-21-14-8-12-19-11-6-7-13-20(19)21/h3-14H,2,15-17H2,1H3,(H,26,31)(H,27,32). The number of hydrogen-bond acceptors (Lipinski definition) is 5. The van der Waals surface area contributed by atoms with Crippen LogP contribution in [0.15, 0.2) is 78.0 Å². The number of carbonyl (C=O) groups is 2. The highest BCUT2D eigenvalue weighted by Crippen LogP contribution is 2.24. The average Bonchev–Trinajstić information content (AvgIpc) is 3.24. The Morgan fingerprint density at radius 2 is 1.67 bits per heavy atom. The third-order valence-electron chi connectivity index (χ3n) is 5.16. The number of nitrogens with one attached hydrogen (secondary N) is 2. The van der Waals surface area contributed by atoms with Crippen molar-refractivity contribution in [3.05, 3.63) is 84.2 Å². The zero-order chi connectivity index (χ0) is 23.0. The molecule has 0 bridgehead atoms. The third-order valence-corrected chi connectivity index (χ3v) is 6.12. The summed E-state index contributed by atoms with van der Waals surface area (Å²) >= 11 is 1.33. The molecule has 3 aromatic carbocycles. The Labute approximate surface area is 196 Å². The van der Waals surface area contributed by atoms with Crippen LogP contribution in [0.4, 0.5) is 5.69 Å². The van der Waals surface area contributed by atoms with Crippen LogP contribution in [0.1, 0.15) is 18.3 Å². The van der Waals surface area contributed by atoms with E-state index in [0.29, 0.717) is 23.9 Å². The molecule has 8 heteroatoms. The highest BCUT2D eigenvalue weighted by molar-refractivity contribution is 7.99. The van der Waals surface area contributed by atoms with E-state index in [2.05, 4.69) is 20.8 Å². The molecule has 2 N–H and O–H groups in total. The smallest absolute Gasteiger partial charge is 0.234 e. The summed E-state index contributed by atoms with van der Waals surface area (Å²) in [6, 6.07) is 23.4. The van der Waals surface area contributed by atoms with Gasteiger partial charge in [-0.2, -0.15) is 0 Å². The van der Waals surface area contributed by atoms with Crippen LogP contribution in [-0.2, 0) is 29.1 Å². The maximum Gasteiger partial charge on any atom is 0.234 e. The van der Waals surface area contributed by atoms with Gasteiger partial charge in [0.1, 0.15) is 0 Å². The second-order valence-corrected chi connectivity index (χ2v) is 8.39. The lowest BCUT2D eigenvalue weighted by atomic mass is 10.1. The number of fused-ring (bicyclic) bond motifs is 1. The van der Waals surface area contributed by atoms with Gasteiger partial charge in [-0.25, -0.2) is 0 Å². The van der Waals surface area contributed by atoms with Gasteiger partial charge in [0.2, 0.25) is 11.8 Å². The van der Waals surface area contributed by atoms with Crippen LogP contribution in [0.2, 0.25) is 0 Å². The zero-order valence-corrected chi connectivity index (χ0v) is 19.1. The molecule has 2 amide bonds. The van der Waals surface area contributed by atoms with Gasteiger partial charge in [-0.3, -0.25) is 9.59 Å². The Bertz CT molecular complexity index is 1250. The van der Waals surface area contributed by atoms with Crippen LogP contribution >= 0.6 is 11.8 Å². The highest BCUT2D eigenvalue weighted by Gasteiger charge is 2.14. The van der Waals surface area contributed by atoms with Crippen molar-refractivity contribution in [2.24, 2.45) is 0 Å². The molecule has 4 aromatic rings. The van der Waals surface area contributed by atoms with Gasteiger partial charge in [0.15, 0.2) is 11.0 Å². The molecule has 33 heavy (non-hydrogen) atoms. The van der Waals surface area contributed by atoms with Crippen molar-refractivity contribution < 1.29 is 9.59 Å². The van der Waals surface area contributed by atoms with Crippen LogP contribution < -0.4 is 10.6 Å². The molecular formula is C25H25N5O2S. The minimum atomic E-state index is -0.111. The minimum Gasteiger partial charge on any atom is -0.349 e. The molecule has 0 radical (unpaired) electrons. The van der Waals surface area contributed by atoms with E-state index in [0.717, 1.165) is 22.0 Å². The molecule has 0 unspecified atom stereocenters. The van der Waals surface area contributed by atoms with Gasteiger partial charge in [-0.15, -0.1) is 10.2 Å². The van der Waals surface area contributed by atoms with Gasteiger partial charge < -0.3 is 15.2 Å². The quantitative estimate of drug-likeness (QED) is 0.369. The number of hydrogen-bond donors (Lipinski definition) is 2. The second kappa shape index (κ2) is 10.8. The lowest BCUT2D eigenvalue weighted by Gasteiger charge is -2.10. The van der Waals surface area contributed by atoms with Gasteiger partial charge in [-0.05, 0) is 23.9 Å². The predicted octanol–water partition coefficient (Wildman–Crippen LogP) is 4.04. The largest absolute Gasteiger partial charge is 0.349 e. The van der Waals surface area contributed by atoms with Crippen molar-refractivity contribution in [2.75, 3.05) is 11.1 Å². The van der Waals surface area contributed by atoms with Gasteiger partial charge in [-0.1, -0.05) is 78.5 Å². The van der Waals surface area contributed by atoms with Crippen LogP contribution in [0.25, 0.3) is 10.8 Å². The van der Waals surface area contributed by atoms with Crippen LogP contribution in [-0.4, -0.2) is 32.3 Å². The molecule has 0 aliphatic carbocycles. The first-order chi connectivity index (χ1) is 16.1. The lowest BCUT2D eigenvalue weighted by molar-refractivity contribution is -0.120. The van der Waals surface area contributed by atoms with E-state index in [1.807, 2.05) is 84.3 Å². The maximum atomic E-state index is 12.6. The van der Waals surface area contributed by atoms with E-state index in [1.54, 1.807) is 0 Å². The number of rotatable bonds is 9. The van der Waals surface area contributed by atoms with Crippen LogP contribution in [0.5, 0.6) is 0 Å². The fraction of sp³-hybridized carbons (Fsp3) is 0.200. The Morgan fingerprint density at radius 1 is 0.909 bits per heavy atom. The molecule has 0 aliphatic rings. The third kappa shape index (κ3) is 5.78. The Kier molecular flexibility index (Phi) is 7.36. The van der Waals surface area contributed by atoms with Crippen LogP contribution in [0.3, 0.4) is 0 Å². The summed E-state index contributed by atoms with van der Waals surface area (Å²) in [5, 5.41) is 17.1. The molecule has 0 atom stereocenters. The number of nitrogens with zero attached hydrogens (tertiary/aromatic N) is 3. The zero-order valence-electron chi connectivity index (χ0n) is 18.3. The number of thioether (sulfide) groups is 1. The number of anilines is 1. The Morgan fingerprint density at radius 3 is 2.48 bits per heavy atom. The van der Waals surface area contributed by atoms with Crippen LogP contribution in [0, 0.1) is 0 Å². The molecule has 1 aromatic heterocycles. The molecule has 4 rings (SSSR count). The summed E-state index contributed by atoms with van der Waals surface area (Å²) in [6.45, 7) is 2.91. The Balaban J connectivity index is 1.33. The molecule has 168 valence electrons. The van der Waals surface area contributed by atoms with Gasteiger partial charge >= 0.3 is 0 Å². The fourth-order valence-corrected chi connectivity index (χ4v) is 4.37. The highest BCUT2D eigenvalue weighted by atomic mass is 32.2. The van der Waals surface area contributed by atoms with Crippen molar-refractivity contribution in [3.63, 3.8) is 0 Å². The first-order valence-corrected chi connectivity index (χ1v) is 11.8. The summed E-state index contributed by atoms with van der Waals surface area (Å²) in [6.07, 6.45) is 0.317. The molecule has 1 heterocycles. The van der Waals surface area contributed by atoms with Crippen molar-refractivity contribution in [3.8, 4) is 0 Å². The molecule has 0 spiro atoms. The number of aromatic nitrogens is 3. The first kappa shape index (κ1) is 22.5. The first-order valence-electron chi connectivity index (χ1n) is 10.8. The van der Waals surface area contributed by atoms with E-state index in [1.165, 1.54) is 11.8 Å². The summed E-state index contributed by atoms with van der Waals surface area (Å²) in [5.41, 5.74) is 1.75. The van der Waals surface area contributed by atoms with Gasteiger partial charge in [0, 0.05) is 17.6 Å². The monoisotopic (exact) mass is 459 g/mol. The molecular weight excluding hydrogens is 434 g/mol. The van der Waals surface area contributed by atoms with E-state index >= 15 is 0 Å². The molecule has 7 nitrogen and oxygen atoms in total. The van der Waals surface area contributed by atoms with Crippen molar-refractivity contribution >= 4 is 40.0 Å². The normalized spacial score (nSPS) is 10.8. The van der Waals surface area contributed by atoms with Gasteiger partial charge in [0.05, 0.1) is 18.7 Å². The predicted molar refractivity (Wildman–Crippen MR) is 131 cm³/mol. The molecule has 0 saturated carbocycles. The van der Waals surface area contributed by atoms with E-state index in [4.69, 9.17) is 0 Å². The topological polar surface area (TPSA) is 88.9 Å². The lowest BCUT2D eigenvalue weighted by Crippen LogP contribution is -2.26. The second-order valence-electron chi connectivity index (χ2n) is 7.45. The molecule has 0 aliphatic heterocycles.